The molecule has 0 aliphatic carbocycles. The third-order valence-corrected chi connectivity index (χ3v) is 13.6. The minimum atomic E-state index is -4.30. The highest BCUT2D eigenvalue weighted by molar-refractivity contribution is 7.47. The summed E-state index contributed by atoms with van der Waals surface area (Å²) in [6.07, 6.45) is 52.0. The maximum absolute atomic E-state index is 12.8. The number of amides is 1. The molecule has 0 heterocycles. The number of phosphoric ester groups is 1. The maximum Gasteiger partial charge on any atom is 0.472 e. The van der Waals surface area contributed by atoms with Gasteiger partial charge in [-0.1, -0.05) is 258 Å². The fraction of sp³-hybridized carbons (Fsp3) is 0.981. The van der Waals surface area contributed by atoms with Gasteiger partial charge in [-0.3, -0.25) is 13.8 Å². The van der Waals surface area contributed by atoms with Gasteiger partial charge in [-0.15, -0.1) is 0 Å². The summed E-state index contributed by atoms with van der Waals surface area (Å²) < 4.78 is 23.6. The molecule has 3 atom stereocenters. The lowest BCUT2D eigenvalue weighted by atomic mass is 10.0. The van der Waals surface area contributed by atoms with Crippen molar-refractivity contribution in [2.75, 3.05) is 40.9 Å². The average Bonchev–Trinajstić information content (AvgIpc) is 3.21. The van der Waals surface area contributed by atoms with Crippen LogP contribution in [0.25, 0.3) is 0 Å². The molecule has 8 nitrogen and oxygen atoms in total. The molecule has 0 aliphatic rings. The minimum Gasteiger partial charge on any atom is -0.391 e. The third-order valence-electron chi connectivity index (χ3n) is 12.6. The van der Waals surface area contributed by atoms with Crippen LogP contribution >= 0.6 is 7.82 Å². The summed E-state index contributed by atoms with van der Waals surface area (Å²) >= 11 is 0. The number of carbonyl (C=O) groups excluding carboxylic acids is 1. The second-order valence-electron chi connectivity index (χ2n) is 20.0. The van der Waals surface area contributed by atoms with E-state index in [2.05, 4.69) is 19.2 Å². The van der Waals surface area contributed by atoms with E-state index in [4.69, 9.17) is 9.05 Å². The van der Waals surface area contributed by atoms with E-state index in [1.807, 2.05) is 21.1 Å². The largest absolute Gasteiger partial charge is 0.472 e. The predicted octanol–water partition coefficient (Wildman–Crippen LogP) is 15.7. The smallest absolute Gasteiger partial charge is 0.391 e. The Labute approximate surface area is 380 Å². The summed E-state index contributed by atoms with van der Waals surface area (Å²) in [7, 11) is 1.63. The highest BCUT2D eigenvalue weighted by atomic mass is 31.2. The number of carbonyl (C=O) groups is 1. The molecule has 366 valence electrons. The molecule has 0 spiro atoms. The molecule has 0 saturated heterocycles. The number of likely N-dealkylation sites (N-methyl/N-ethyl adjacent to an activating group) is 1. The first-order valence-electron chi connectivity index (χ1n) is 26.9. The van der Waals surface area contributed by atoms with Crippen molar-refractivity contribution in [1.82, 2.24) is 5.32 Å². The number of hydrogen-bond donors (Lipinski definition) is 3. The van der Waals surface area contributed by atoms with Gasteiger partial charge >= 0.3 is 7.82 Å². The maximum atomic E-state index is 12.8. The molecule has 0 aliphatic heterocycles. The Kier molecular flexibility index (Phi) is 44.3. The Hall–Kier alpha value is -0.500. The molecule has 3 unspecified atom stereocenters. The first-order valence-corrected chi connectivity index (χ1v) is 28.4. The van der Waals surface area contributed by atoms with Crippen LogP contribution in [-0.4, -0.2) is 73.4 Å². The van der Waals surface area contributed by atoms with E-state index in [1.54, 1.807) is 0 Å². The molecule has 0 aromatic rings. The molecular formula is C52H108N2O6P+. The molecule has 0 rings (SSSR count). The van der Waals surface area contributed by atoms with Crippen molar-refractivity contribution in [2.45, 2.75) is 289 Å². The van der Waals surface area contributed by atoms with Crippen LogP contribution in [0.4, 0.5) is 0 Å². The number of aliphatic hydroxyl groups is 1. The first-order chi connectivity index (χ1) is 29.5. The lowest BCUT2D eigenvalue weighted by Gasteiger charge is -2.26. The van der Waals surface area contributed by atoms with Crippen molar-refractivity contribution in [3.05, 3.63) is 0 Å². The zero-order valence-electron chi connectivity index (χ0n) is 41.7. The Morgan fingerprint density at radius 2 is 0.787 bits per heavy atom. The summed E-state index contributed by atoms with van der Waals surface area (Å²) in [6, 6.07) is -0.752. The summed E-state index contributed by atoms with van der Waals surface area (Å²) in [5.74, 6) is -0.147. The number of rotatable bonds is 50. The van der Waals surface area contributed by atoms with Crippen LogP contribution in [0.3, 0.4) is 0 Å². The van der Waals surface area contributed by atoms with Gasteiger partial charge in [0.05, 0.1) is 39.9 Å². The molecule has 61 heavy (non-hydrogen) atoms. The average molecular weight is 888 g/mol. The molecule has 3 N–H and O–H groups in total. The zero-order chi connectivity index (χ0) is 45.0. The first kappa shape index (κ1) is 60.5. The molecule has 9 heteroatoms. The number of unbranched alkanes of at least 4 members (excludes halogenated alkanes) is 37. The summed E-state index contributed by atoms with van der Waals surface area (Å²) in [5.41, 5.74) is 0. The highest BCUT2D eigenvalue weighted by Crippen LogP contribution is 2.43. The van der Waals surface area contributed by atoms with Crippen LogP contribution in [0.5, 0.6) is 0 Å². The lowest BCUT2D eigenvalue weighted by molar-refractivity contribution is -0.870. The van der Waals surface area contributed by atoms with Crippen LogP contribution in [0.15, 0.2) is 0 Å². The number of aliphatic hydroxyl groups excluding tert-OH is 1. The zero-order valence-corrected chi connectivity index (χ0v) is 42.6. The standard InChI is InChI=1S/C52H107N2O6P/c1-6-8-10-12-14-15-16-17-18-19-20-21-22-23-24-25-26-27-28-29-30-31-32-33-34-35-36-37-38-40-41-43-45-51(55)50(49-60-61(57,58)59-48-47-54(3,4)5)53-52(56)46-44-42-39-13-11-9-7-2/h50-51,55H,6-49H2,1-5H3,(H-,53,56,57,58)/p+1. The summed E-state index contributed by atoms with van der Waals surface area (Å²) in [6.45, 7) is 4.87. The fourth-order valence-corrected chi connectivity index (χ4v) is 9.08. The van der Waals surface area contributed by atoms with Gasteiger partial charge in [0.1, 0.15) is 13.2 Å². The highest BCUT2D eigenvalue weighted by Gasteiger charge is 2.28. The van der Waals surface area contributed by atoms with E-state index in [0.717, 1.165) is 38.5 Å². The van der Waals surface area contributed by atoms with Crippen molar-refractivity contribution in [3.63, 3.8) is 0 Å². The number of phosphoric acid groups is 1. The topological polar surface area (TPSA) is 105 Å². The molecule has 0 aromatic carbocycles. The van der Waals surface area contributed by atoms with Gasteiger partial charge in [-0.05, 0) is 12.8 Å². The number of nitrogens with one attached hydrogen (secondary N) is 1. The lowest BCUT2D eigenvalue weighted by Crippen LogP contribution is -2.46. The molecule has 0 saturated carbocycles. The van der Waals surface area contributed by atoms with Gasteiger partial charge in [-0.25, -0.2) is 4.57 Å². The van der Waals surface area contributed by atoms with Crippen molar-refractivity contribution in [2.24, 2.45) is 0 Å². The van der Waals surface area contributed by atoms with Crippen LogP contribution < -0.4 is 5.32 Å². The monoisotopic (exact) mass is 888 g/mol. The minimum absolute atomic E-state index is 0.0782. The normalized spacial score (nSPS) is 14.0. The second-order valence-corrected chi connectivity index (χ2v) is 21.4. The van der Waals surface area contributed by atoms with E-state index in [-0.39, 0.29) is 19.1 Å². The molecule has 0 radical (unpaired) electrons. The second kappa shape index (κ2) is 44.7. The van der Waals surface area contributed by atoms with Crippen molar-refractivity contribution >= 4 is 13.7 Å². The third kappa shape index (κ3) is 47.3. The molecule has 0 fully saturated rings. The van der Waals surface area contributed by atoms with Gasteiger partial charge < -0.3 is 19.8 Å². The van der Waals surface area contributed by atoms with Gasteiger partial charge in [0.15, 0.2) is 0 Å². The Morgan fingerprint density at radius 1 is 0.492 bits per heavy atom. The van der Waals surface area contributed by atoms with Gasteiger partial charge in [0.2, 0.25) is 5.91 Å². The summed E-state index contributed by atoms with van der Waals surface area (Å²) in [4.78, 5) is 23.0. The van der Waals surface area contributed by atoms with E-state index < -0.39 is 20.0 Å². The van der Waals surface area contributed by atoms with Crippen LogP contribution in [0, 0.1) is 0 Å². The fourth-order valence-electron chi connectivity index (χ4n) is 8.34. The molecular weight excluding hydrogens is 780 g/mol. The van der Waals surface area contributed by atoms with Crippen molar-refractivity contribution in [3.8, 4) is 0 Å². The van der Waals surface area contributed by atoms with Crippen LogP contribution in [0.1, 0.15) is 277 Å². The SMILES string of the molecule is CCCCCCCCCCCCCCCCCCCCCCCCCCCCCCCCCCC(O)C(COP(=O)(O)OCC[N+](C)(C)C)NC(=O)CCCCCCCCC. The Balaban J connectivity index is 3.84. The van der Waals surface area contributed by atoms with Crippen molar-refractivity contribution in [1.29, 1.82) is 0 Å². The van der Waals surface area contributed by atoms with E-state index in [1.165, 1.54) is 212 Å². The van der Waals surface area contributed by atoms with Crippen molar-refractivity contribution < 1.29 is 32.9 Å². The van der Waals surface area contributed by atoms with Gasteiger partial charge in [-0.2, -0.15) is 0 Å². The molecule has 0 aromatic heterocycles. The van der Waals surface area contributed by atoms with Crippen LogP contribution in [0.2, 0.25) is 0 Å². The number of nitrogens with zero attached hydrogens (tertiary/aromatic N) is 1. The van der Waals surface area contributed by atoms with E-state index in [0.29, 0.717) is 23.9 Å². The number of quaternary nitrogens is 1. The van der Waals surface area contributed by atoms with Gasteiger partial charge in [0, 0.05) is 6.42 Å². The molecule has 1 amide bonds. The molecule has 0 bridgehead atoms. The van der Waals surface area contributed by atoms with Gasteiger partial charge in [0.25, 0.3) is 0 Å². The number of hydrogen-bond acceptors (Lipinski definition) is 5. The van der Waals surface area contributed by atoms with E-state index >= 15 is 0 Å². The Morgan fingerprint density at radius 3 is 1.10 bits per heavy atom. The van der Waals surface area contributed by atoms with Crippen LogP contribution in [-0.2, 0) is 18.4 Å². The summed E-state index contributed by atoms with van der Waals surface area (Å²) in [5, 5.41) is 13.9. The van der Waals surface area contributed by atoms with E-state index in [9.17, 15) is 19.4 Å². The predicted molar refractivity (Wildman–Crippen MR) is 263 cm³/mol. The quantitative estimate of drug-likeness (QED) is 0.0319. The Bertz CT molecular complexity index is 963.